The molecule has 1 fully saturated rings. The minimum Gasteiger partial charge on any atom is -0.371 e. The summed E-state index contributed by atoms with van der Waals surface area (Å²) in [5, 5.41) is 9.18. The van der Waals surface area contributed by atoms with E-state index in [1.54, 1.807) is 12.1 Å². The van der Waals surface area contributed by atoms with Gasteiger partial charge in [-0.05, 0) is 29.3 Å². The van der Waals surface area contributed by atoms with Gasteiger partial charge in [0.2, 0.25) is 0 Å². The molecular weight excluding hydrogens is 279 g/mol. The van der Waals surface area contributed by atoms with E-state index in [4.69, 9.17) is 4.74 Å². The summed E-state index contributed by atoms with van der Waals surface area (Å²) in [6.45, 7) is 2.93. The molecule has 1 unspecified atom stereocenters. The van der Waals surface area contributed by atoms with E-state index in [-0.39, 0.29) is 11.9 Å². The van der Waals surface area contributed by atoms with Crippen LogP contribution in [0.25, 0.3) is 0 Å². The van der Waals surface area contributed by atoms with Crippen molar-refractivity contribution in [2.75, 3.05) is 19.7 Å². The van der Waals surface area contributed by atoms with E-state index < -0.39 is 0 Å². The van der Waals surface area contributed by atoms with Crippen molar-refractivity contribution < 1.29 is 9.13 Å². The molecule has 2 aromatic carbocycles. The Kier molecular flexibility index (Phi) is 4.47. The van der Waals surface area contributed by atoms with Crippen LogP contribution in [-0.4, -0.2) is 24.6 Å². The maximum atomic E-state index is 13.0. The van der Waals surface area contributed by atoms with Crippen molar-refractivity contribution in [2.24, 2.45) is 0 Å². The van der Waals surface area contributed by atoms with E-state index >= 15 is 0 Å². The van der Waals surface area contributed by atoms with Gasteiger partial charge in [0.15, 0.2) is 0 Å². The van der Waals surface area contributed by atoms with Crippen LogP contribution in [-0.2, 0) is 11.3 Å². The van der Waals surface area contributed by atoms with Gasteiger partial charge in [-0.15, -0.1) is 0 Å². The van der Waals surface area contributed by atoms with Gasteiger partial charge in [-0.2, -0.15) is 5.26 Å². The first kappa shape index (κ1) is 14.7. The van der Waals surface area contributed by atoms with Crippen LogP contribution in [0, 0.1) is 17.1 Å². The third kappa shape index (κ3) is 3.33. The Bertz CT molecular complexity index is 678. The third-order valence-electron chi connectivity index (χ3n) is 3.92. The fourth-order valence-electron chi connectivity index (χ4n) is 2.73. The molecular formula is C18H17FN2O. The summed E-state index contributed by atoms with van der Waals surface area (Å²) in [7, 11) is 0. The summed E-state index contributed by atoms with van der Waals surface area (Å²) in [6, 6.07) is 16.4. The first-order valence-corrected chi connectivity index (χ1v) is 7.33. The van der Waals surface area contributed by atoms with Crippen molar-refractivity contribution in [3.8, 4) is 6.07 Å². The van der Waals surface area contributed by atoms with Crippen LogP contribution < -0.4 is 0 Å². The van der Waals surface area contributed by atoms with Gasteiger partial charge in [0, 0.05) is 19.6 Å². The summed E-state index contributed by atoms with van der Waals surface area (Å²) in [5.41, 5.74) is 2.73. The number of hydrogen-bond donors (Lipinski definition) is 0. The van der Waals surface area contributed by atoms with Crippen molar-refractivity contribution in [1.82, 2.24) is 4.90 Å². The Balaban J connectivity index is 1.71. The topological polar surface area (TPSA) is 36.3 Å². The number of halogens is 1. The van der Waals surface area contributed by atoms with Crippen LogP contribution in [0.1, 0.15) is 22.8 Å². The van der Waals surface area contributed by atoms with Crippen LogP contribution >= 0.6 is 0 Å². The largest absolute Gasteiger partial charge is 0.371 e. The molecule has 0 saturated carbocycles. The Labute approximate surface area is 129 Å². The van der Waals surface area contributed by atoms with Crippen molar-refractivity contribution in [2.45, 2.75) is 12.6 Å². The summed E-state index contributed by atoms with van der Waals surface area (Å²) in [4.78, 5) is 2.27. The second kappa shape index (κ2) is 6.69. The molecule has 22 heavy (non-hydrogen) atoms. The highest BCUT2D eigenvalue weighted by molar-refractivity contribution is 5.37. The quantitative estimate of drug-likeness (QED) is 0.872. The fourth-order valence-corrected chi connectivity index (χ4v) is 2.73. The number of nitriles is 1. The van der Waals surface area contributed by atoms with Gasteiger partial charge in [-0.25, -0.2) is 4.39 Å². The lowest BCUT2D eigenvalue weighted by molar-refractivity contribution is -0.0329. The minimum atomic E-state index is -0.237. The van der Waals surface area contributed by atoms with Gasteiger partial charge in [-0.1, -0.05) is 30.3 Å². The molecule has 1 saturated heterocycles. The molecule has 4 heteroatoms. The lowest BCUT2D eigenvalue weighted by Gasteiger charge is -2.33. The van der Waals surface area contributed by atoms with Gasteiger partial charge in [0.25, 0.3) is 0 Å². The molecule has 1 atom stereocenters. The van der Waals surface area contributed by atoms with E-state index in [0.29, 0.717) is 12.2 Å². The molecule has 3 nitrogen and oxygen atoms in total. The maximum absolute atomic E-state index is 13.0. The molecule has 2 aromatic rings. The van der Waals surface area contributed by atoms with Gasteiger partial charge >= 0.3 is 0 Å². The predicted octanol–water partition coefficient (Wildman–Crippen LogP) is 3.27. The second-order valence-electron chi connectivity index (χ2n) is 5.42. The van der Waals surface area contributed by atoms with E-state index in [2.05, 4.69) is 11.0 Å². The summed E-state index contributed by atoms with van der Waals surface area (Å²) >= 11 is 0. The predicted molar refractivity (Wildman–Crippen MR) is 81.5 cm³/mol. The lowest BCUT2D eigenvalue weighted by Crippen LogP contribution is -2.37. The molecule has 0 radical (unpaired) electrons. The van der Waals surface area contributed by atoms with Crippen LogP contribution in [0.5, 0.6) is 0 Å². The van der Waals surface area contributed by atoms with E-state index in [9.17, 15) is 9.65 Å². The Hall–Kier alpha value is -2.22. The highest BCUT2D eigenvalue weighted by Crippen LogP contribution is 2.24. The fraction of sp³-hybridized carbons (Fsp3) is 0.278. The number of nitrogens with zero attached hydrogens (tertiary/aromatic N) is 2. The highest BCUT2D eigenvalue weighted by Gasteiger charge is 2.22. The van der Waals surface area contributed by atoms with Gasteiger partial charge in [0.05, 0.1) is 24.3 Å². The standard InChI is InChI=1S/C18H17FN2O/c19-17-7-5-14(6-8-17)18-13-21(9-10-22-18)12-16-4-2-1-3-15(16)11-20/h1-8,18H,9-10,12-13H2. The molecule has 0 N–H and O–H groups in total. The molecule has 3 rings (SSSR count). The SMILES string of the molecule is N#Cc1ccccc1CN1CCOC(c2ccc(F)cc2)C1. The Morgan fingerprint density at radius 2 is 1.95 bits per heavy atom. The van der Waals surface area contributed by atoms with Crippen molar-refractivity contribution in [3.63, 3.8) is 0 Å². The van der Waals surface area contributed by atoms with E-state index in [1.165, 1.54) is 12.1 Å². The monoisotopic (exact) mass is 296 g/mol. The number of benzene rings is 2. The molecule has 0 spiro atoms. The van der Waals surface area contributed by atoms with Crippen LogP contribution in [0.2, 0.25) is 0 Å². The number of hydrogen-bond acceptors (Lipinski definition) is 3. The minimum absolute atomic E-state index is 0.0522. The van der Waals surface area contributed by atoms with Gasteiger partial charge < -0.3 is 4.74 Å². The average Bonchev–Trinajstić information content (AvgIpc) is 2.56. The second-order valence-corrected chi connectivity index (χ2v) is 5.42. The van der Waals surface area contributed by atoms with E-state index in [1.807, 2.05) is 24.3 Å². The molecule has 1 aliphatic rings. The lowest BCUT2D eigenvalue weighted by atomic mass is 10.1. The zero-order chi connectivity index (χ0) is 15.4. The maximum Gasteiger partial charge on any atom is 0.123 e. The van der Waals surface area contributed by atoms with Crippen molar-refractivity contribution >= 4 is 0 Å². The van der Waals surface area contributed by atoms with E-state index in [0.717, 1.165) is 30.8 Å². The number of ether oxygens (including phenoxy) is 1. The molecule has 112 valence electrons. The van der Waals surface area contributed by atoms with Gasteiger partial charge in [0.1, 0.15) is 5.82 Å². The van der Waals surface area contributed by atoms with Crippen LogP contribution in [0.3, 0.4) is 0 Å². The van der Waals surface area contributed by atoms with Gasteiger partial charge in [-0.3, -0.25) is 4.90 Å². The highest BCUT2D eigenvalue weighted by atomic mass is 19.1. The number of rotatable bonds is 3. The first-order valence-electron chi connectivity index (χ1n) is 7.33. The average molecular weight is 296 g/mol. The normalized spacial score (nSPS) is 18.8. The molecule has 1 aliphatic heterocycles. The Morgan fingerprint density at radius 3 is 2.73 bits per heavy atom. The zero-order valence-electron chi connectivity index (χ0n) is 12.2. The molecule has 0 bridgehead atoms. The molecule has 1 heterocycles. The zero-order valence-corrected chi connectivity index (χ0v) is 12.2. The summed E-state index contributed by atoms with van der Waals surface area (Å²) < 4.78 is 18.8. The van der Waals surface area contributed by atoms with Crippen LogP contribution in [0.15, 0.2) is 48.5 Å². The first-order chi connectivity index (χ1) is 10.8. The molecule has 0 aromatic heterocycles. The smallest absolute Gasteiger partial charge is 0.123 e. The van der Waals surface area contributed by atoms with Crippen molar-refractivity contribution in [3.05, 3.63) is 71.0 Å². The van der Waals surface area contributed by atoms with Crippen LogP contribution in [0.4, 0.5) is 4.39 Å². The molecule has 0 amide bonds. The third-order valence-corrected chi connectivity index (χ3v) is 3.92. The summed E-state index contributed by atoms with van der Waals surface area (Å²) in [6.07, 6.45) is -0.0522. The van der Waals surface area contributed by atoms with Crippen molar-refractivity contribution in [1.29, 1.82) is 5.26 Å². The summed E-state index contributed by atoms with van der Waals surface area (Å²) in [5.74, 6) is -0.237. The Morgan fingerprint density at radius 1 is 1.18 bits per heavy atom. The molecule has 0 aliphatic carbocycles. The number of morpholine rings is 1.